The molecule has 2 amide bonds. The Kier molecular flexibility index (Phi) is 7.27. The Bertz CT molecular complexity index is 976. The lowest BCUT2D eigenvalue weighted by molar-refractivity contribution is -0.138. The van der Waals surface area contributed by atoms with Crippen molar-refractivity contribution in [1.29, 1.82) is 0 Å². The van der Waals surface area contributed by atoms with Crippen molar-refractivity contribution in [2.45, 2.75) is 50.5 Å². The minimum absolute atomic E-state index is 0.0188. The van der Waals surface area contributed by atoms with Gasteiger partial charge in [-0.15, -0.1) is 0 Å². The first kappa shape index (κ1) is 22.8. The summed E-state index contributed by atoms with van der Waals surface area (Å²) in [6.07, 6.45) is 2.88. The first-order valence-corrected chi connectivity index (χ1v) is 11.6. The van der Waals surface area contributed by atoms with Crippen LogP contribution in [0.5, 0.6) is 0 Å². The second-order valence-corrected chi connectivity index (χ2v) is 8.90. The van der Waals surface area contributed by atoms with Gasteiger partial charge in [-0.1, -0.05) is 48.5 Å². The van der Waals surface area contributed by atoms with E-state index in [1.54, 1.807) is 0 Å². The molecule has 4 rings (SSSR count). The van der Waals surface area contributed by atoms with Gasteiger partial charge < -0.3 is 20.5 Å². The van der Waals surface area contributed by atoms with Gasteiger partial charge in [0.05, 0.1) is 0 Å². The number of alkyl carbamates (subject to hydrolysis) is 1. The van der Waals surface area contributed by atoms with Crippen LogP contribution in [0.25, 0.3) is 11.1 Å². The topological polar surface area (TPSA) is 105 Å². The largest absolute Gasteiger partial charge is 0.481 e. The van der Waals surface area contributed by atoms with Gasteiger partial charge in [-0.2, -0.15) is 0 Å². The number of hydrogen-bond acceptors (Lipinski definition) is 4. The molecular formula is C26H30N2O5. The third-order valence-electron chi connectivity index (χ3n) is 6.56. The summed E-state index contributed by atoms with van der Waals surface area (Å²) in [6, 6.07) is 16.4. The van der Waals surface area contributed by atoms with Crippen molar-refractivity contribution in [3.8, 4) is 11.1 Å². The van der Waals surface area contributed by atoms with Crippen molar-refractivity contribution in [2.24, 2.45) is 5.92 Å². The second-order valence-electron chi connectivity index (χ2n) is 8.90. The second kappa shape index (κ2) is 10.5. The molecule has 0 bridgehead atoms. The molecule has 0 aromatic heterocycles. The van der Waals surface area contributed by atoms with Gasteiger partial charge in [0, 0.05) is 31.3 Å². The summed E-state index contributed by atoms with van der Waals surface area (Å²) in [4.78, 5) is 35.1. The zero-order valence-corrected chi connectivity index (χ0v) is 18.6. The molecule has 2 aliphatic carbocycles. The predicted octanol–water partition coefficient (Wildman–Crippen LogP) is 4.06. The molecular weight excluding hydrogens is 420 g/mol. The minimum Gasteiger partial charge on any atom is -0.481 e. The molecule has 2 aromatic carbocycles. The standard InChI is InChI=1S/C26H30N2O5/c29-24(28-18-12-11-17(14-18)15-25(30)31)10-5-13-27-26(32)33-16-23-21-8-3-1-6-19(21)20-7-2-4-9-22(20)23/h1-4,6-9,17-18,23H,5,10-16H2,(H,27,32)(H,28,29)(H,30,31). The number of carboxylic acid groups (broad SMARTS) is 1. The van der Waals surface area contributed by atoms with Gasteiger partial charge in [-0.3, -0.25) is 9.59 Å². The van der Waals surface area contributed by atoms with Crippen LogP contribution in [0, 0.1) is 5.92 Å². The maximum atomic E-state index is 12.2. The van der Waals surface area contributed by atoms with Gasteiger partial charge in [0.25, 0.3) is 0 Å². The fourth-order valence-electron chi connectivity index (χ4n) is 5.03. The quantitative estimate of drug-likeness (QED) is 0.500. The molecule has 0 aliphatic heterocycles. The third kappa shape index (κ3) is 5.72. The number of amides is 2. The van der Waals surface area contributed by atoms with E-state index in [1.807, 2.05) is 24.3 Å². The van der Waals surface area contributed by atoms with Crippen LogP contribution in [0.15, 0.2) is 48.5 Å². The third-order valence-corrected chi connectivity index (χ3v) is 6.56. The fraction of sp³-hybridized carbons (Fsp3) is 0.423. The number of nitrogens with one attached hydrogen (secondary N) is 2. The normalized spacial score (nSPS) is 18.9. The number of benzene rings is 2. The maximum Gasteiger partial charge on any atom is 0.407 e. The van der Waals surface area contributed by atoms with E-state index in [2.05, 4.69) is 34.9 Å². The molecule has 0 radical (unpaired) electrons. The number of carboxylic acids is 1. The van der Waals surface area contributed by atoms with Gasteiger partial charge >= 0.3 is 12.1 Å². The lowest BCUT2D eigenvalue weighted by Gasteiger charge is -2.15. The van der Waals surface area contributed by atoms with Crippen LogP contribution < -0.4 is 10.6 Å². The molecule has 3 N–H and O–H groups in total. The SMILES string of the molecule is O=C(O)CC1CCC(NC(=O)CCCNC(=O)OCC2c3ccccc3-c3ccccc32)C1. The van der Waals surface area contributed by atoms with E-state index in [1.165, 1.54) is 22.3 Å². The van der Waals surface area contributed by atoms with Crippen molar-refractivity contribution >= 4 is 18.0 Å². The zero-order chi connectivity index (χ0) is 23.2. The summed E-state index contributed by atoms with van der Waals surface area (Å²) in [6.45, 7) is 0.621. The molecule has 0 spiro atoms. The summed E-state index contributed by atoms with van der Waals surface area (Å²) < 4.78 is 5.50. The highest BCUT2D eigenvalue weighted by molar-refractivity contribution is 5.79. The number of carbonyl (C=O) groups is 3. The van der Waals surface area contributed by atoms with Crippen LogP contribution in [0.3, 0.4) is 0 Å². The fourth-order valence-corrected chi connectivity index (χ4v) is 5.03. The highest BCUT2D eigenvalue weighted by Crippen LogP contribution is 2.44. The number of fused-ring (bicyclic) bond motifs is 3. The number of aliphatic carboxylic acids is 1. The Morgan fingerprint density at radius 1 is 0.970 bits per heavy atom. The molecule has 2 aliphatic rings. The highest BCUT2D eigenvalue weighted by atomic mass is 16.5. The Labute approximate surface area is 193 Å². The van der Waals surface area contributed by atoms with E-state index in [9.17, 15) is 14.4 Å². The molecule has 1 fully saturated rings. The van der Waals surface area contributed by atoms with Gasteiger partial charge in [-0.05, 0) is 53.9 Å². The molecule has 33 heavy (non-hydrogen) atoms. The van der Waals surface area contributed by atoms with Crippen LogP contribution in [0.2, 0.25) is 0 Å². The summed E-state index contributed by atoms with van der Waals surface area (Å²) in [5, 5.41) is 14.6. The van der Waals surface area contributed by atoms with E-state index in [0.717, 1.165) is 19.3 Å². The van der Waals surface area contributed by atoms with E-state index in [-0.39, 0.29) is 36.8 Å². The van der Waals surface area contributed by atoms with Crippen molar-refractivity contribution in [1.82, 2.24) is 10.6 Å². The predicted molar refractivity (Wildman–Crippen MR) is 124 cm³/mol. The van der Waals surface area contributed by atoms with E-state index >= 15 is 0 Å². The Morgan fingerprint density at radius 2 is 1.64 bits per heavy atom. The first-order chi connectivity index (χ1) is 16.0. The number of hydrogen-bond donors (Lipinski definition) is 3. The Hall–Kier alpha value is -3.35. The smallest absolute Gasteiger partial charge is 0.407 e. The minimum atomic E-state index is -0.786. The van der Waals surface area contributed by atoms with Crippen LogP contribution in [0.1, 0.15) is 55.6 Å². The molecule has 2 atom stereocenters. The van der Waals surface area contributed by atoms with Crippen molar-refractivity contribution < 1.29 is 24.2 Å². The lowest BCUT2D eigenvalue weighted by Crippen LogP contribution is -2.34. The molecule has 174 valence electrons. The summed E-state index contributed by atoms with van der Waals surface area (Å²) in [5.41, 5.74) is 4.70. The van der Waals surface area contributed by atoms with E-state index in [4.69, 9.17) is 9.84 Å². The summed E-state index contributed by atoms with van der Waals surface area (Å²) in [5.74, 6) is -0.690. The molecule has 7 heteroatoms. The summed E-state index contributed by atoms with van der Waals surface area (Å²) in [7, 11) is 0. The van der Waals surface area contributed by atoms with Gasteiger partial charge in [-0.25, -0.2) is 4.79 Å². The Balaban J connectivity index is 1.15. The van der Waals surface area contributed by atoms with E-state index < -0.39 is 12.1 Å². The average Bonchev–Trinajstić information content (AvgIpc) is 3.36. The number of carbonyl (C=O) groups excluding carboxylic acids is 2. The van der Waals surface area contributed by atoms with Crippen LogP contribution >= 0.6 is 0 Å². The monoisotopic (exact) mass is 450 g/mol. The van der Waals surface area contributed by atoms with Gasteiger partial charge in [0.2, 0.25) is 5.91 Å². The van der Waals surface area contributed by atoms with Crippen molar-refractivity contribution in [3.05, 3.63) is 59.7 Å². The maximum absolute atomic E-state index is 12.2. The van der Waals surface area contributed by atoms with Gasteiger partial charge in [0.1, 0.15) is 6.61 Å². The molecule has 2 aromatic rings. The lowest BCUT2D eigenvalue weighted by atomic mass is 9.98. The van der Waals surface area contributed by atoms with Crippen molar-refractivity contribution in [2.75, 3.05) is 13.2 Å². The Morgan fingerprint density at radius 3 is 2.30 bits per heavy atom. The van der Waals surface area contributed by atoms with E-state index in [0.29, 0.717) is 19.4 Å². The molecule has 0 heterocycles. The number of rotatable bonds is 9. The van der Waals surface area contributed by atoms with Crippen LogP contribution in [-0.2, 0) is 14.3 Å². The molecule has 2 unspecified atom stereocenters. The molecule has 0 saturated heterocycles. The van der Waals surface area contributed by atoms with Gasteiger partial charge in [0.15, 0.2) is 0 Å². The first-order valence-electron chi connectivity index (χ1n) is 11.6. The van der Waals surface area contributed by atoms with Crippen LogP contribution in [-0.4, -0.2) is 42.3 Å². The zero-order valence-electron chi connectivity index (χ0n) is 18.6. The molecule has 1 saturated carbocycles. The highest BCUT2D eigenvalue weighted by Gasteiger charge is 2.29. The molecule has 7 nitrogen and oxygen atoms in total. The average molecular weight is 451 g/mol. The van der Waals surface area contributed by atoms with Crippen molar-refractivity contribution in [3.63, 3.8) is 0 Å². The van der Waals surface area contributed by atoms with Crippen LogP contribution in [0.4, 0.5) is 4.79 Å². The summed E-state index contributed by atoms with van der Waals surface area (Å²) >= 11 is 0. The number of ether oxygens (including phenoxy) is 1.